The monoisotopic (exact) mass is 398 g/mol. The zero-order valence-corrected chi connectivity index (χ0v) is 19.7. The molecule has 2 unspecified atom stereocenters. The number of rotatable bonds is 13. The molecule has 166 valence electrons. The van der Waals surface area contributed by atoms with Crippen LogP contribution in [0.15, 0.2) is 0 Å². The molecule has 0 aromatic rings. The molecule has 0 bridgehead atoms. The molecule has 0 amide bonds. The first-order valence-electron chi connectivity index (χ1n) is 11.0. The summed E-state index contributed by atoms with van der Waals surface area (Å²) in [5.74, 6) is -0.666. The third-order valence-corrected chi connectivity index (χ3v) is 5.65. The van der Waals surface area contributed by atoms with Crippen LogP contribution in [0, 0.1) is 28.1 Å². The lowest BCUT2D eigenvalue weighted by atomic mass is 9.70. The maximum Gasteiger partial charge on any atom is 0.309 e. The Kier molecular flexibility index (Phi) is 10.8. The maximum atomic E-state index is 12.3. The van der Waals surface area contributed by atoms with Gasteiger partial charge in [0, 0.05) is 6.42 Å². The largest absolute Gasteiger partial charge is 0.481 e. The standard InChI is InChI=1S/C24H46O4/c1-18(16-22(3,4)5)11-14-24(21(27)28,13-9-10-20(25)26)15-12-19(2)17-23(6,7)8/h18-19H,9-17H2,1-8H3,(H,25,26)(H,27,28). The van der Waals surface area contributed by atoms with Gasteiger partial charge in [0.1, 0.15) is 0 Å². The summed E-state index contributed by atoms with van der Waals surface area (Å²) in [5, 5.41) is 19.1. The van der Waals surface area contributed by atoms with Crippen molar-refractivity contribution in [2.24, 2.45) is 28.1 Å². The molecule has 4 heteroatoms. The average Bonchev–Trinajstić information content (AvgIpc) is 2.45. The van der Waals surface area contributed by atoms with Crippen LogP contribution in [0.2, 0.25) is 0 Å². The van der Waals surface area contributed by atoms with Crippen LogP contribution < -0.4 is 0 Å². The van der Waals surface area contributed by atoms with E-state index in [1.54, 1.807) is 0 Å². The molecule has 0 heterocycles. The van der Waals surface area contributed by atoms with E-state index >= 15 is 0 Å². The van der Waals surface area contributed by atoms with E-state index in [9.17, 15) is 14.7 Å². The Labute approximate surface area is 173 Å². The lowest BCUT2D eigenvalue weighted by Gasteiger charge is -2.33. The highest BCUT2D eigenvalue weighted by Gasteiger charge is 2.38. The zero-order valence-electron chi connectivity index (χ0n) is 19.7. The minimum atomic E-state index is -0.846. The average molecular weight is 399 g/mol. The van der Waals surface area contributed by atoms with Crippen molar-refractivity contribution in [1.82, 2.24) is 0 Å². The molecule has 2 N–H and O–H groups in total. The van der Waals surface area contributed by atoms with E-state index in [2.05, 4.69) is 55.4 Å². The van der Waals surface area contributed by atoms with Crippen molar-refractivity contribution in [2.75, 3.05) is 0 Å². The Morgan fingerprint density at radius 3 is 1.43 bits per heavy atom. The van der Waals surface area contributed by atoms with Crippen LogP contribution in [0.3, 0.4) is 0 Å². The highest BCUT2D eigenvalue weighted by molar-refractivity contribution is 5.74. The Bertz CT molecular complexity index is 456. The number of hydrogen-bond donors (Lipinski definition) is 2. The minimum Gasteiger partial charge on any atom is -0.481 e. The fourth-order valence-electron chi connectivity index (χ4n) is 4.61. The highest BCUT2D eigenvalue weighted by Crippen LogP contribution is 2.41. The third-order valence-electron chi connectivity index (χ3n) is 5.65. The van der Waals surface area contributed by atoms with Crippen LogP contribution in [0.5, 0.6) is 0 Å². The van der Waals surface area contributed by atoms with Gasteiger partial charge in [-0.25, -0.2) is 0 Å². The van der Waals surface area contributed by atoms with Crippen molar-refractivity contribution in [3.8, 4) is 0 Å². The molecule has 0 saturated heterocycles. The first kappa shape index (κ1) is 26.9. The van der Waals surface area contributed by atoms with Crippen LogP contribution in [0.1, 0.15) is 113 Å². The number of carboxylic acid groups (broad SMARTS) is 2. The molecule has 28 heavy (non-hydrogen) atoms. The lowest BCUT2D eigenvalue weighted by molar-refractivity contribution is -0.151. The van der Waals surface area contributed by atoms with Gasteiger partial charge < -0.3 is 10.2 Å². The molecule has 0 aliphatic heterocycles. The molecule has 0 radical (unpaired) electrons. The smallest absolute Gasteiger partial charge is 0.309 e. The van der Waals surface area contributed by atoms with E-state index in [4.69, 9.17) is 5.11 Å². The van der Waals surface area contributed by atoms with Gasteiger partial charge in [0.2, 0.25) is 0 Å². The van der Waals surface area contributed by atoms with Gasteiger partial charge in [-0.3, -0.25) is 9.59 Å². The van der Waals surface area contributed by atoms with Gasteiger partial charge in [-0.15, -0.1) is 0 Å². The normalized spacial score (nSPS) is 17.0. The van der Waals surface area contributed by atoms with Gasteiger partial charge in [-0.2, -0.15) is 0 Å². The Hall–Kier alpha value is -1.06. The summed E-state index contributed by atoms with van der Waals surface area (Å²) in [5.41, 5.74) is -0.334. The summed E-state index contributed by atoms with van der Waals surface area (Å²) >= 11 is 0. The summed E-state index contributed by atoms with van der Waals surface area (Å²) in [6.45, 7) is 17.7. The highest BCUT2D eigenvalue weighted by atomic mass is 16.4. The number of aliphatic carboxylic acids is 2. The molecule has 0 aromatic heterocycles. The van der Waals surface area contributed by atoms with Gasteiger partial charge in [0.05, 0.1) is 5.41 Å². The first-order chi connectivity index (χ1) is 12.6. The van der Waals surface area contributed by atoms with Gasteiger partial charge in [-0.05, 0) is 74.0 Å². The SMILES string of the molecule is CC(CCC(CCCC(=O)O)(CCC(C)CC(C)(C)C)C(=O)O)CC(C)(C)C. The predicted octanol–water partition coefficient (Wildman–Crippen LogP) is 7.02. The van der Waals surface area contributed by atoms with Crippen molar-refractivity contribution < 1.29 is 19.8 Å². The molecule has 0 aromatic carbocycles. The Morgan fingerprint density at radius 1 is 0.750 bits per heavy atom. The van der Waals surface area contributed by atoms with Crippen LogP contribution >= 0.6 is 0 Å². The predicted molar refractivity (Wildman–Crippen MR) is 116 cm³/mol. The zero-order chi connectivity index (χ0) is 22.2. The molecule has 0 aliphatic rings. The summed E-state index contributed by atoms with van der Waals surface area (Å²) in [4.78, 5) is 23.3. The lowest BCUT2D eigenvalue weighted by Crippen LogP contribution is -2.33. The molecule has 0 aliphatic carbocycles. The van der Waals surface area contributed by atoms with Crippen LogP contribution in [0.4, 0.5) is 0 Å². The van der Waals surface area contributed by atoms with E-state index < -0.39 is 17.4 Å². The van der Waals surface area contributed by atoms with Crippen molar-refractivity contribution in [3.05, 3.63) is 0 Å². The van der Waals surface area contributed by atoms with E-state index in [0.29, 0.717) is 37.5 Å². The van der Waals surface area contributed by atoms with Crippen molar-refractivity contribution in [1.29, 1.82) is 0 Å². The molecule has 0 rings (SSSR count). The van der Waals surface area contributed by atoms with Gasteiger partial charge in [0.25, 0.3) is 0 Å². The fraction of sp³-hybridized carbons (Fsp3) is 0.917. The fourth-order valence-corrected chi connectivity index (χ4v) is 4.61. The van der Waals surface area contributed by atoms with Crippen molar-refractivity contribution in [2.45, 2.75) is 113 Å². The summed E-state index contributed by atoms with van der Waals surface area (Å²) in [6.07, 6.45) is 6.11. The van der Waals surface area contributed by atoms with Gasteiger partial charge in [-0.1, -0.05) is 55.4 Å². The third kappa shape index (κ3) is 12.4. The topological polar surface area (TPSA) is 74.6 Å². The van der Waals surface area contributed by atoms with Crippen LogP contribution in [0.25, 0.3) is 0 Å². The number of carboxylic acids is 2. The van der Waals surface area contributed by atoms with E-state index in [0.717, 1.165) is 25.7 Å². The Morgan fingerprint density at radius 2 is 1.14 bits per heavy atom. The van der Waals surface area contributed by atoms with E-state index in [-0.39, 0.29) is 17.3 Å². The Balaban J connectivity index is 5.18. The van der Waals surface area contributed by atoms with Crippen LogP contribution in [-0.4, -0.2) is 22.2 Å². The van der Waals surface area contributed by atoms with Gasteiger partial charge >= 0.3 is 11.9 Å². The van der Waals surface area contributed by atoms with Crippen LogP contribution in [-0.2, 0) is 9.59 Å². The van der Waals surface area contributed by atoms with Crippen molar-refractivity contribution in [3.63, 3.8) is 0 Å². The second-order valence-electron chi connectivity index (χ2n) is 11.7. The molecule has 2 atom stereocenters. The molecule has 0 spiro atoms. The maximum absolute atomic E-state index is 12.3. The van der Waals surface area contributed by atoms with Gasteiger partial charge in [0.15, 0.2) is 0 Å². The van der Waals surface area contributed by atoms with Crippen molar-refractivity contribution >= 4 is 11.9 Å². The molecular formula is C24H46O4. The second-order valence-corrected chi connectivity index (χ2v) is 11.7. The minimum absolute atomic E-state index is 0.0458. The number of hydrogen-bond acceptors (Lipinski definition) is 2. The number of carbonyl (C=O) groups is 2. The quantitative estimate of drug-likeness (QED) is 0.349. The summed E-state index contributed by atoms with van der Waals surface area (Å²) in [6, 6.07) is 0. The van der Waals surface area contributed by atoms with E-state index in [1.807, 2.05) is 0 Å². The molecular weight excluding hydrogens is 352 g/mol. The second kappa shape index (κ2) is 11.2. The molecule has 4 nitrogen and oxygen atoms in total. The summed E-state index contributed by atoms with van der Waals surface area (Å²) in [7, 11) is 0. The first-order valence-corrected chi connectivity index (χ1v) is 11.0. The molecule has 0 saturated carbocycles. The summed E-state index contributed by atoms with van der Waals surface area (Å²) < 4.78 is 0. The molecule has 0 fully saturated rings. The van der Waals surface area contributed by atoms with E-state index in [1.165, 1.54) is 0 Å².